The fourth-order valence-electron chi connectivity index (χ4n) is 12.7. The quantitative estimate of drug-likeness (QED) is 0.158. The predicted octanol–water partition coefficient (Wildman–Crippen LogP) is 2.53. The molecule has 6 heterocycles. The Bertz CT molecular complexity index is 3430. The van der Waals surface area contributed by atoms with Crippen LogP contribution >= 0.6 is 0 Å². The van der Waals surface area contributed by atoms with E-state index in [9.17, 15) is 43.2 Å². The van der Waals surface area contributed by atoms with Crippen molar-refractivity contribution in [2.24, 2.45) is 23.7 Å². The molecule has 0 radical (unpaired) electrons. The minimum Gasteiger partial charge on any atom is -0.458 e. The molecule has 0 bridgehead atoms. The number of hydrogen-bond acceptors (Lipinski definition) is 18. The molecule has 5 aliphatic rings. The number of nitrogens with zero attached hydrogens (tertiary/aromatic N) is 7. The summed E-state index contributed by atoms with van der Waals surface area (Å²) < 4.78 is 24.5. The number of aryl methyl sites for hydroxylation is 2. The smallest absolute Gasteiger partial charge is 0.329 e. The molecule has 0 saturated carbocycles. The molecule has 91 heavy (non-hydrogen) atoms. The van der Waals surface area contributed by atoms with E-state index in [2.05, 4.69) is 31.6 Å². The topological polar surface area (TPSA) is 338 Å². The van der Waals surface area contributed by atoms with Crippen molar-refractivity contribution in [2.75, 3.05) is 59.7 Å². The molecular weight excluding hydrogens is 1180 g/mol. The third kappa shape index (κ3) is 13.5. The number of cyclic esters (lactones) is 2. The van der Waals surface area contributed by atoms with Crippen LogP contribution in [0, 0.1) is 37.5 Å². The van der Waals surface area contributed by atoms with Gasteiger partial charge in [0.05, 0.1) is 35.6 Å². The van der Waals surface area contributed by atoms with Crippen molar-refractivity contribution in [3.63, 3.8) is 0 Å². The van der Waals surface area contributed by atoms with E-state index in [-0.39, 0.29) is 58.2 Å². The van der Waals surface area contributed by atoms with Crippen LogP contribution in [0.5, 0.6) is 11.5 Å². The first kappa shape index (κ1) is 68.1. The van der Waals surface area contributed by atoms with Crippen LogP contribution in [0.2, 0.25) is 0 Å². The molecule has 5 aliphatic heterocycles. The highest BCUT2D eigenvalue weighted by atomic mass is 16.6. The van der Waals surface area contributed by atoms with E-state index in [0.29, 0.717) is 36.8 Å². The van der Waals surface area contributed by atoms with Crippen LogP contribution in [0.4, 0.5) is 11.4 Å². The number of amides is 10. The molecule has 5 N–H and O–H groups in total. The minimum atomic E-state index is -1.78. The first-order chi connectivity index (χ1) is 42.8. The van der Waals surface area contributed by atoms with Crippen LogP contribution in [0.15, 0.2) is 22.9 Å². The van der Waals surface area contributed by atoms with Gasteiger partial charge in [0.1, 0.15) is 66.1 Å². The van der Waals surface area contributed by atoms with E-state index in [1.807, 2.05) is 0 Å². The van der Waals surface area contributed by atoms with Crippen LogP contribution in [-0.4, -0.2) is 220 Å². The average molecular weight is 1270 g/mol. The molecule has 8 rings (SSSR count). The average Bonchev–Trinajstić information content (AvgIpc) is 1.68. The first-order valence-electron chi connectivity index (χ1n) is 31.0. The first-order valence-corrected chi connectivity index (χ1v) is 31.0. The second kappa shape index (κ2) is 27.3. The van der Waals surface area contributed by atoms with Gasteiger partial charge in [-0.2, -0.15) is 0 Å². The summed E-state index contributed by atoms with van der Waals surface area (Å²) in [5.41, 5.74) is 0.286. The number of hydrogen-bond donors (Lipinski definition) is 5. The van der Waals surface area contributed by atoms with Crippen molar-refractivity contribution >= 4 is 93.5 Å². The van der Waals surface area contributed by atoms with Crippen LogP contribution in [-0.2, 0) is 57.4 Å². The molecule has 1 aromatic heterocycles. The van der Waals surface area contributed by atoms with E-state index < -0.39 is 168 Å². The summed E-state index contributed by atoms with van der Waals surface area (Å²) in [5.74, 6) is -11.2. The Morgan fingerprint density at radius 2 is 1.04 bits per heavy atom. The maximum Gasteiger partial charge on any atom is 0.329 e. The maximum atomic E-state index is 15.5. The third-order valence-electron chi connectivity index (χ3n) is 17.9. The van der Waals surface area contributed by atoms with E-state index in [0.717, 1.165) is 16.2 Å². The van der Waals surface area contributed by atoms with E-state index in [1.54, 1.807) is 75.3 Å². The Morgan fingerprint density at radius 3 is 1.48 bits per heavy atom. The number of esters is 2. The lowest BCUT2D eigenvalue weighted by atomic mass is 9.98. The summed E-state index contributed by atoms with van der Waals surface area (Å²) in [7, 11) is 5.67. The standard InChI is InChI=1S/C63H86N12O16/c1-28(2)42-60(84)74-23-17-19-37(74)58(82)70(13)25-39(76)72(15)49(30(5)6)62(86)89-34(11)44(56(80)66-42)68-54(78)36-22-21-32(9)51-46(36)65-48-41(47-52(88-27-64-47)33(10)53(48)91-51)55(79)69-45-35(12)90-63(87)50(31(7)8)73(16)40(77)26-71(14)59(83)38-20-18-24-75(38)61(85)43(29(3)4)67-57(45)81/h21-22,27-31,34-35,37-38,42-45,49-50,65H,17-20,23-26H2,1-16H3,(H,66,80)(H,67,81)(H,68,78)(H,69,79)/t34-,35-,37+,38+,42-,43-,44+,45+,49+,50+/m1/s1. The van der Waals surface area contributed by atoms with Gasteiger partial charge in [0.25, 0.3) is 11.8 Å². The molecule has 4 fully saturated rings. The van der Waals surface area contributed by atoms with Crippen molar-refractivity contribution < 1.29 is 76.2 Å². The zero-order valence-corrected chi connectivity index (χ0v) is 54.6. The molecule has 2 aromatic carbocycles. The Balaban J connectivity index is 1.17. The monoisotopic (exact) mass is 1270 g/mol. The van der Waals surface area contributed by atoms with Crippen molar-refractivity contribution in [1.82, 2.24) is 55.7 Å². The largest absolute Gasteiger partial charge is 0.458 e. The number of ether oxygens (including phenoxy) is 3. The van der Waals surface area contributed by atoms with Gasteiger partial charge in [0.15, 0.2) is 23.5 Å². The van der Waals surface area contributed by atoms with Gasteiger partial charge in [-0.15, -0.1) is 0 Å². The number of oxazole rings is 1. The summed E-state index contributed by atoms with van der Waals surface area (Å²) in [5, 5.41) is 14.3. The second-order valence-electron chi connectivity index (χ2n) is 25.9. The zero-order chi connectivity index (χ0) is 67.1. The van der Waals surface area contributed by atoms with Gasteiger partial charge in [-0.25, -0.2) is 14.6 Å². The normalized spacial score (nSPS) is 26.3. The number of carbonyl (C=O) groups is 12. The summed E-state index contributed by atoms with van der Waals surface area (Å²) in [6.07, 6.45) is -0.371. The van der Waals surface area contributed by atoms with Crippen LogP contribution in [0.3, 0.4) is 0 Å². The Kier molecular flexibility index (Phi) is 20.4. The second-order valence-corrected chi connectivity index (χ2v) is 25.9. The number of carbonyl (C=O) groups excluding carboxylic acids is 12. The van der Waals surface area contributed by atoms with Crippen LogP contribution < -0.4 is 31.3 Å². The molecular formula is C63H86N12O16. The van der Waals surface area contributed by atoms with Crippen molar-refractivity contribution in [3.05, 3.63) is 40.8 Å². The molecule has 494 valence electrons. The van der Waals surface area contributed by atoms with Crippen LogP contribution in [0.1, 0.15) is 127 Å². The highest BCUT2D eigenvalue weighted by Crippen LogP contribution is 2.51. The summed E-state index contributed by atoms with van der Waals surface area (Å²) in [6, 6.07) is -7.40. The number of rotatable bonds is 8. The highest BCUT2D eigenvalue weighted by molar-refractivity contribution is 6.15. The van der Waals surface area contributed by atoms with Gasteiger partial charge >= 0.3 is 11.9 Å². The number of benzene rings is 2. The third-order valence-corrected chi connectivity index (χ3v) is 17.9. The number of nitrogens with one attached hydrogen (secondary N) is 5. The molecule has 0 aliphatic carbocycles. The van der Waals surface area contributed by atoms with E-state index in [1.165, 1.54) is 67.7 Å². The Labute approximate surface area is 528 Å². The molecule has 10 amide bonds. The van der Waals surface area contributed by atoms with Gasteiger partial charge in [-0.3, -0.25) is 47.9 Å². The predicted molar refractivity (Wildman–Crippen MR) is 328 cm³/mol. The van der Waals surface area contributed by atoms with Crippen molar-refractivity contribution in [2.45, 2.75) is 169 Å². The van der Waals surface area contributed by atoms with Crippen molar-refractivity contribution in [3.8, 4) is 11.5 Å². The Hall–Kier alpha value is -8.85. The van der Waals surface area contributed by atoms with Gasteiger partial charge in [-0.1, -0.05) is 61.5 Å². The van der Waals surface area contributed by atoms with E-state index in [4.69, 9.17) is 18.6 Å². The molecule has 0 unspecified atom stereocenters. The number of aromatic nitrogens is 1. The molecule has 4 saturated heterocycles. The molecule has 28 nitrogen and oxygen atoms in total. The number of anilines is 2. The van der Waals surface area contributed by atoms with Gasteiger partial charge in [0, 0.05) is 46.8 Å². The Morgan fingerprint density at radius 1 is 0.593 bits per heavy atom. The van der Waals surface area contributed by atoms with Gasteiger partial charge in [0.2, 0.25) is 47.3 Å². The molecule has 0 spiro atoms. The van der Waals surface area contributed by atoms with Crippen molar-refractivity contribution in [1.29, 1.82) is 0 Å². The SMILES string of the molecule is Cc1ccc(C(=O)N[C@@H]2C(=O)N[C@H](C(C)C)C(=O)N3CCC[C@H]3C(=O)N(C)CC(=O)N(C)[C@@H](C(C)C)C(=O)O[C@@H]2C)c2c1Oc1c(c(C(=O)N[C@@H]3C(=O)N[C@H](C(C)C)C(=O)N4CCC[C@H]4C(=O)N(C)CC(=O)N(C)[C@@H](C(C)C)C(=O)O[C@@H]3C)c3ncoc3c1C)N2. The minimum absolute atomic E-state index is 0.0290. The lowest BCUT2D eigenvalue weighted by molar-refractivity contribution is -0.163. The molecule has 3 aromatic rings. The fraction of sp³-hybridized carbons (Fsp3) is 0.603. The van der Waals surface area contributed by atoms with E-state index >= 15 is 14.4 Å². The highest BCUT2D eigenvalue weighted by Gasteiger charge is 2.47. The number of likely N-dealkylation sites (N-methyl/N-ethyl adjacent to an activating group) is 4. The number of fused-ring (bicyclic) bond motifs is 5. The molecule has 10 atom stereocenters. The van der Waals surface area contributed by atoms with Gasteiger partial charge < -0.3 is 74.6 Å². The molecule has 28 heteroatoms. The zero-order valence-electron chi connectivity index (χ0n) is 54.6. The summed E-state index contributed by atoms with van der Waals surface area (Å²) >= 11 is 0. The van der Waals surface area contributed by atoms with Gasteiger partial charge in [-0.05, 0) is 88.7 Å². The lowest BCUT2D eigenvalue weighted by Gasteiger charge is -2.36. The maximum absolute atomic E-state index is 15.5. The lowest BCUT2D eigenvalue weighted by Crippen LogP contribution is -2.61. The summed E-state index contributed by atoms with van der Waals surface area (Å²) in [6.45, 7) is 19.1. The summed E-state index contributed by atoms with van der Waals surface area (Å²) in [4.78, 5) is 186. The fourth-order valence-corrected chi connectivity index (χ4v) is 12.7. The van der Waals surface area contributed by atoms with Crippen LogP contribution in [0.25, 0.3) is 11.1 Å².